The van der Waals surface area contributed by atoms with Gasteiger partial charge in [0.25, 0.3) is 11.8 Å². The van der Waals surface area contributed by atoms with Crippen LogP contribution in [0.15, 0.2) is 58.0 Å². The molecule has 1 saturated heterocycles. The van der Waals surface area contributed by atoms with Gasteiger partial charge in [0.2, 0.25) is 5.43 Å². The van der Waals surface area contributed by atoms with E-state index in [1.165, 1.54) is 6.20 Å². The van der Waals surface area contributed by atoms with Gasteiger partial charge in [-0.05, 0) is 69.4 Å². The van der Waals surface area contributed by atoms with Crippen LogP contribution in [0.5, 0.6) is 5.75 Å². The van der Waals surface area contributed by atoms with Gasteiger partial charge in [0.1, 0.15) is 28.4 Å². The Morgan fingerprint density at radius 1 is 1.08 bits per heavy atom. The highest BCUT2D eigenvalue weighted by atomic mass is 16.5. The fourth-order valence-electron chi connectivity index (χ4n) is 4.52. The first kappa shape index (κ1) is 25.3. The van der Waals surface area contributed by atoms with Crippen LogP contribution in [0.25, 0.3) is 0 Å². The van der Waals surface area contributed by atoms with Gasteiger partial charge in [0, 0.05) is 31.5 Å². The molecule has 8 heteroatoms. The average molecular weight is 492 g/mol. The van der Waals surface area contributed by atoms with Crippen molar-refractivity contribution in [1.82, 2.24) is 14.8 Å². The molecule has 36 heavy (non-hydrogen) atoms. The first-order valence-corrected chi connectivity index (χ1v) is 12.4. The molecule has 2 aromatic heterocycles. The van der Waals surface area contributed by atoms with E-state index in [1.807, 2.05) is 44.2 Å². The molecule has 2 amide bonds. The summed E-state index contributed by atoms with van der Waals surface area (Å²) in [5.74, 6) is 1.25. The van der Waals surface area contributed by atoms with Crippen molar-refractivity contribution in [3.05, 3.63) is 87.2 Å². The van der Waals surface area contributed by atoms with E-state index in [0.717, 1.165) is 36.3 Å². The number of amides is 2. The fraction of sp³-hybridized carbons (Fsp3) is 0.393. The predicted molar refractivity (Wildman–Crippen MR) is 136 cm³/mol. The number of hydrogen-bond acceptors (Lipinski definition) is 5. The van der Waals surface area contributed by atoms with Gasteiger partial charge in [-0.15, -0.1) is 0 Å². The summed E-state index contributed by atoms with van der Waals surface area (Å²) in [6.07, 6.45) is 6.65. The van der Waals surface area contributed by atoms with Crippen molar-refractivity contribution in [1.29, 1.82) is 0 Å². The highest BCUT2D eigenvalue weighted by Crippen LogP contribution is 2.19. The number of aromatic nitrogens is 1. The number of rotatable bonds is 8. The summed E-state index contributed by atoms with van der Waals surface area (Å²) in [6.45, 7) is 5.09. The van der Waals surface area contributed by atoms with Gasteiger partial charge in [-0.1, -0.05) is 12.1 Å². The van der Waals surface area contributed by atoms with Crippen molar-refractivity contribution in [2.45, 2.75) is 58.7 Å². The summed E-state index contributed by atoms with van der Waals surface area (Å²) in [4.78, 5) is 41.6. The maximum absolute atomic E-state index is 13.4. The fourth-order valence-corrected chi connectivity index (χ4v) is 4.52. The zero-order valence-corrected chi connectivity index (χ0v) is 21.1. The Balaban J connectivity index is 1.61. The first-order valence-electron chi connectivity index (χ1n) is 12.4. The molecule has 0 spiro atoms. The molecule has 0 saturated carbocycles. The van der Waals surface area contributed by atoms with Crippen LogP contribution < -0.4 is 15.5 Å². The van der Waals surface area contributed by atoms with Crippen LogP contribution in [0.1, 0.15) is 64.0 Å². The first-order chi connectivity index (χ1) is 17.4. The number of nitrogens with one attached hydrogen (secondary N) is 1. The molecule has 1 aliphatic rings. The molecule has 8 nitrogen and oxygen atoms in total. The number of nitrogens with zero attached hydrogens (tertiary/aromatic N) is 2. The van der Waals surface area contributed by atoms with Crippen LogP contribution in [0, 0.1) is 6.92 Å². The minimum absolute atomic E-state index is 0.0278. The Morgan fingerprint density at radius 3 is 2.50 bits per heavy atom. The molecular weight excluding hydrogens is 458 g/mol. The third kappa shape index (κ3) is 5.87. The van der Waals surface area contributed by atoms with Crippen LogP contribution in [-0.2, 0) is 19.5 Å². The number of methoxy groups -OCH3 is 1. The van der Waals surface area contributed by atoms with Crippen LogP contribution in [0.2, 0.25) is 0 Å². The quantitative estimate of drug-likeness (QED) is 0.515. The van der Waals surface area contributed by atoms with Crippen molar-refractivity contribution in [2.75, 3.05) is 13.7 Å². The minimum Gasteiger partial charge on any atom is -0.497 e. The number of ether oxygens (including phenoxy) is 1. The molecule has 1 aliphatic heterocycles. The standard InChI is InChI=1S/C28H33N3O5/c1-19-6-4-5-14-31(19)28(34)25-18-30(15-13-21-8-11-22(35-3)12-9-21)17-24(26(25)32)27(33)29-16-23-10-7-20(2)36-23/h7-12,17-19H,4-6,13-16H2,1-3H3,(H,29,33)/t19-/m1/s1. The molecule has 0 unspecified atom stereocenters. The topological polar surface area (TPSA) is 93.8 Å². The van der Waals surface area contributed by atoms with E-state index in [9.17, 15) is 14.4 Å². The maximum atomic E-state index is 13.4. The van der Waals surface area contributed by atoms with Crippen molar-refractivity contribution in [3.63, 3.8) is 0 Å². The Hall–Kier alpha value is -3.81. The summed E-state index contributed by atoms with van der Waals surface area (Å²) in [7, 11) is 1.62. The van der Waals surface area contributed by atoms with Gasteiger partial charge in [0.15, 0.2) is 0 Å². The molecule has 190 valence electrons. The number of carbonyl (C=O) groups is 2. The minimum atomic E-state index is -0.549. The third-order valence-corrected chi connectivity index (χ3v) is 6.65. The molecular formula is C28H33N3O5. The number of carbonyl (C=O) groups excluding carboxylic acids is 2. The predicted octanol–water partition coefficient (Wildman–Crippen LogP) is 3.95. The third-order valence-electron chi connectivity index (χ3n) is 6.65. The van der Waals surface area contributed by atoms with Crippen LogP contribution in [0.4, 0.5) is 0 Å². The van der Waals surface area contributed by atoms with E-state index in [4.69, 9.17) is 9.15 Å². The molecule has 4 rings (SSSR count). The van der Waals surface area contributed by atoms with Crippen molar-refractivity contribution >= 4 is 11.8 Å². The van der Waals surface area contributed by atoms with Gasteiger partial charge in [-0.3, -0.25) is 14.4 Å². The largest absolute Gasteiger partial charge is 0.497 e. The maximum Gasteiger partial charge on any atom is 0.259 e. The SMILES string of the molecule is COc1ccc(CCn2cc(C(=O)NCc3ccc(C)o3)c(=O)c(C(=O)N3CCCC[C@H]3C)c2)cc1. The normalized spacial score (nSPS) is 15.5. The van der Waals surface area contributed by atoms with E-state index in [0.29, 0.717) is 25.3 Å². The lowest BCUT2D eigenvalue weighted by Gasteiger charge is -2.33. The zero-order valence-electron chi connectivity index (χ0n) is 21.1. The Morgan fingerprint density at radius 2 is 1.83 bits per heavy atom. The summed E-state index contributed by atoms with van der Waals surface area (Å²) in [5.41, 5.74) is 0.501. The lowest BCUT2D eigenvalue weighted by Crippen LogP contribution is -2.44. The van der Waals surface area contributed by atoms with E-state index in [-0.39, 0.29) is 29.6 Å². The number of furan rings is 1. The average Bonchev–Trinajstić information content (AvgIpc) is 3.31. The smallest absolute Gasteiger partial charge is 0.259 e. The van der Waals surface area contributed by atoms with E-state index < -0.39 is 11.3 Å². The van der Waals surface area contributed by atoms with Gasteiger partial charge in [-0.2, -0.15) is 0 Å². The summed E-state index contributed by atoms with van der Waals surface area (Å²) < 4.78 is 12.5. The molecule has 1 N–H and O–H groups in total. The molecule has 0 radical (unpaired) electrons. The Kier molecular flexibility index (Phi) is 7.93. The van der Waals surface area contributed by atoms with Gasteiger partial charge in [0.05, 0.1) is 13.7 Å². The van der Waals surface area contributed by atoms with Gasteiger partial charge < -0.3 is 23.9 Å². The second kappa shape index (κ2) is 11.3. The Bertz CT molecular complexity index is 1280. The highest BCUT2D eigenvalue weighted by molar-refractivity contribution is 5.99. The van der Waals surface area contributed by atoms with E-state index >= 15 is 0 Å². The van der Waals surface area contributed by atoms with Crippen molar-refractivity contribution < 1.29 is 18.7 Å². The van der Waals surface area contributed by atoms with Gasteiger partial charge in [-0.25, -0.2) is 0 Å². The van der Waals surface area contributed by atoms with E-state index in [2.05, 4.69) is 5.32 Å². The second-order valence-corrected chi connectivity index (χ2v) is 9.29. The molecule has 1 fully saturated rings. The monoisotopic (exact) mass is 491 g/mol. The summed E-state index contributed by atoms with van der Waals surface area (Å²) in [6, 6.07) is 11.4. The number of hydrogen-bond donors (Lipinski definition) is 1. The molecule has 0 bridgehead atoms. The highest BCUT2D eigenvalue weighted by Gasteiger charge is 2.28. The molecule has 0 aliphatic carbocycles. The van der Waals surface area contributed by atoms with Crippen LogP contribution >= 0.6 is 0 Å². The van der Waals surface area contributed by atoms with Crippen molar-refractivity contribution in [3.8, 4) is 5.75 Å². The molecule has 1 aromatic carbocycles. The van der Waals surface area contributed by atoms with Crippen LogP contribution in [0.3, 0.4) is 0 Å². The number of benzene rings is 1. The lowest BCUT2D eigenvalue weighted by molar-refractivity contribution is 0.0633. The number of pyridine rings is 1. The molecule has 3 heterocycles. The Labute approximate surface area is 210 Å². The van der Waals surface area contributed by atoms with E-state index in [1.54, 1.807) is 28.8 Å². The second-order valence-electron chi connectivity index (χ2n) is 9.29. The molecule has 3 aromatic rings. The van der Waals surface area contributed by atoms with Gasteiger partial charge >= 0.3 is 0 Å². The van der Waals surface area contributed by atoms with Crippen molar-refractivity contribution in [2.24, 2.45) is 0 Å². The zero-order chi connectivity index (χ0) is 25.7. The summed E-state index contributed by atoms with van der Waals surface area (Å²) in [5, 5.41) is 2.75. The number of aryl methyl sites for hydroxylation is 3. The number of likely N-dealkylation sites (tertiary alicyclic amines) is 1. The van der Waals surface area contributed by atoms with Crippen LogP contribution in [-0.4, -0.2) is 41.0 Å². The molecule has 1 atom stereocenters. The number of piperidine rings is 1. The summed E-state index contributed by atoms with van der Waals surface area (Å²) >= 11 is 0. The lowest BCUT2D eigenvalue weighted by atomic mass is 10.0.